The molecule has 5 rings (SSSR count). The molecule has 174 valence electrons. The summed E-state index contributed by atoms with van der Waals surface area (Å²) in [5.74, 6) is -0.653. The van der Waals surface area contributed by atoms with Gasteiger partial charge in [-0.1, -0.05) is 18.2 Å². The quantitative estimate of drug-likeness (QED) is 0.324. The first-order valence-electron chi connectivity index (χ1n) is 11.0. The topological polar surface area (TPSA) is 68.1 Å². The van der Waals surface area contributed by atoms with Gasteiger partial charge in [-0.2, -0.15) is 0 Å². The maximum atomic E-state index is 13.7. The Morgan fingerprint density at radius 3 is 2.49 bits per heavy atom. The number of nitrogens with zero attached hydrogens (tertiary/aromatic N) is 4. The molecule has 5 aromatic rings. The highest BCUT2D eigenvalue weighted by Gasteiger charge is 2.23. The summed E-state index contributed by atoms with van der Waals surface area (Å²) in [5, 5.41) is 2.74. The Morgan fingerprint density at radius 1 is 1.03 bits per heavy atom. The Hall–Kier alpha value is -4.17. The maximum absolute atomic E-state index is 13.7. The molecule has 0 bridgehead atoms. The van der Waals surface area contributed by atoms with E-state index in [2.05, 4.69) is 9.97 Å². The van der Waals surface area contributed by atoms with E-state index in [4.69, 9.17) is 0 Å². The Morgan fingerprint density at radius 2 is 1.74 bits per heavy atom. The van der Waals surface area contributed by atoms with Gasteiger partial charge in [-0.05, 0) is 73.5 Å². The van der Waals surface area contributed by atoms with Crippen molar-refractivity contribution in [2.45, 2.75) is 20.4 Å². The number of hydrogen-bond acceptors (Lipinski definition) is 5. The summed E-state index contributed by atoms with van der Waals surface area (Å²) in [7, 11) is 0. The highest BCUT2D eigenvalue weighted by Crippen LogP contribution is 2.33. The fraction of sp³-hybridized carbons (Fsp3) is 0.111. The molecule has 8 heteroatoms. The molecule has 2 heterocycles. The summed E-state index contributed by atoms with van der Waals surface area (Å²) >= 11 is 1.31. The van der Waals surface area contributed by atoms with Gasteiger partial charge in [0.15, 0.2) is 5.13 Å². The summed E-state index contributed by atoms with van der Waals surface area (Å²) in [4.78, 5) is 37.2. The molecular formula is C27H21FN4O2S. The largest absolute Gasteiger partial charge is 0.289 e. The molecule has 6 nitrogen and oxygen atoms in total. The lowest BCUT2D eigenvalue weighted by molar-refractivity contribution is -0.118. The molecule has 3 aromatic carbocycles. The zero-order chi connectivity index (χ0) is 24.5. The minimum atomic E-state index is -0.328. The molecule has 0 aliphatic heterocycles. The highest BCUT2D eigenvalue weighted by molar-refractivity contribution is 7.14. The number of amides is 1. The third-order valence-electron chi connectivity index (χ3n) is 5.57. The van der Waals surface area contributed by atoms with E-state index in [0.717, 1.165) is 16.7 Å². The number of fused-ring (bicyclic) bond motifs is 1. The average molecular weight is 485 g/mol. The highest BCUT2D eigenvalue weighted by atomic mass is 32.1. The van der Waals surface area contributed by atoms with Gasteiger partial charge in [-0.15, -0.1) is 11.3 Å². The third-order valence-corrected chi connectivity index (χ3v) is 6.40. The fourth-order valence-electron chi connectivity index (χ4n) is 4.00. The van der Waals surface area contributed by atoms with Crippen LogP contribution in [0.3, 0.4) is 0 Å². The number of anilines is 2. The molecule has 0 saturated carbocycles. The van der Waals surface area contributed by atoms with Gasteiger partial charge in [-0.3, -0.25) is 19.1 Å². The Labute approximate surface area is 205 Å². The number of para-hydroxylation sites is 1. The third kappa shape index (κ3) is 4.61. The molecular weight excluding hydrogens is 463 g/mol. The number of aryl methyl sites for hydroxylation is 2. The molecule has 2 aromatic heterocycles. The lowest BCUT2D eigenvalue weighted by Gasteiger charge is -2.21. The van der Waals surface area contributed by atoms with E-state index in [0.29, 0.717) is 27.4 Å². The van der Waals surface area contributed by atoms with Crippen LogP contribution in [0.25, 0.3) is 22.2 Å². The van der Waals surface area contributed by atoms with Crippen molar-refractivity contribution in [3.63, 3.8) is 0 Å². The molecule has 0 aliphatic carbocycles. The van der Waals surface area contributed by atoms with Crippen LogP contribution >= 0.6 is 11.3 Å². The van der Waals surface area contributed by atoms with Crippen molar-refractivity contribution in [1.82, 2.24) is 14.5 Å². The fourth-order valence-corrected chi connectivity index (χ4v) is 4.87. The number of hydrogen-bond donors (Lipinski definition) is 0. The van der Waals surface area contributed by atoms with Crippen LogP contribution < -0.4 is 10.5 Å². The Bertz CT molecular complexity index is 1590. The summed E-state index contributed by atoms with van der Waals surface area (Å²) < 4.78 is 14.7. The predicted octanol–water partition coefficient (Wildman–Crippen LogP) is 5.64. The van der Waals surface area contributed by atoms with Gasteiger partial charge in [-0.25, -0.2) is 14.4 Å². The van der Waals surface area contributed by atoms with E-state index < -0.39 is 0 Å². The SMILES string of the molecule is Cc1cc(C)cc(N(C(=O)Cn2cnc3ccccc3c2=O)c2nc(-c3ccc(F)cc3)cs2)c1. The van der Waals surface area contributed by atoms with E-state index in [-0.39, 0.29) is 23.8 Å². The average Bonchev–Trinajstić information content (AvgIpc) is 3.30. The van der Waals surface area contributed by atoms with Gasteiger partial charge in [0.05, 0.1) is 28.6 Å². The molecule has 0 spiro atoms. The lowest BCUT2D eigenvalue weighted by atomic mass is 10.1. The van der Waals surface area contributed by atoms with Crippen LogP contribution in [0.2, 0.25) is 0 Å². The summed E-state index contributed by atoms with van der Waals surface area (Å²) in [6.07, 6.45) is 1.40. The predicted molar refractivity (Wildman–Crippen MR) is 137 cm³/mol. The normalized spacial score (nSPS) is 11.1. The molecule has 0 aliphatic rings. The van der Waals surface area contributed by atoms with Crippen LogP contribution in [0.5, 0.6) is 0 Å². The monoisotopic (exact) mass is 484 g/mol. The zero-order valence-corrected chi connectivity index (χ0v) is 19.9. The van der Waals surface area contributed by atoms with Crippen LogP contribution in [-0.2, 0) is 11.3 Å². The van der Waals surface area contributed by atoms with Crippen LogP contribution in [0.4, 0.5) is 15.2 Å². The maximum Gasteiger partial charge on any atom is 0.261 e. The number of carbonyl (C=O) groups excluding carboxylic acids is 1. The van der Waals surface area contributed by atoms with Crippen LogP contribution in [0.15, 0.2) is 83.2 Å². The second-order valence-electron chi connectivity index (χ2n) is 8.29. The molecule has 0 fully saturated rings. The first-order chi connectivity index (χ1) is 16.9. The van der Waals surface area contributed by atoms with Gasteiger partial charge in [0, 0.05) is 10.9 Å². The van der Waals surface area contributed by atoms with E-state index in [1.54, 1.807) is 30.3 Å². The zero-order valence-electron chi connectivity index (χ0n) is 19.1. The number of halogens is 1. The van der Waals surface area contributed by atoms with Crippen molar-refractivity contribution in [3.8, 4) is 11.3 Å². The van der Waals surface area contributed by atoms with Crippen molar-refractivity contribution in [2.24, 2.45) is 0 Å². The van der Waals surface area contributed by atoms with E-state index >= 15 is 0 Å². The minimum Gasteiger partial charge on any atom is -0.289 e. The first-order valence-corrected chi connectivity index (χ1v) is 11.8. The molecule has 1 amide bonds. The van der Waals surface area contributed by atoms with Gasteiger partial charge in [0.2, 0.25) is 0 Å². The molecule has 35 heavy (non-hydrogen) atoms. The number of thiazole rings is 1. The molecule has 0 radical (unpaired) electrons. The smallest absolute Gasteiger partial charge is 0.261 e. The van der Waals surface area contributed by atoms with Crippen molar-refractivity contribution < 1.29 is 9.18 Å². The van der Waals surface area contributed by atoms with Gasteiger partial charge in [0.25, 0.3) is 11.5 Å². The molecule has 0 saturated heterocycles. The summed E-state index contributed by atoms with van der Waals surface area (Å²) in [6.45, 7) is 3.72. The van der Waals surface area contributed by atoms with Crippen LogP contribution in [0, 0.1) is 19.7 Å². The lowest BCUT2D eigenvalue weighted by Crippen LogP contribution is -2.33. The molecule has 0 N–H and O–H groups in total. The van der Waals surface area contributed by atoms with Gasteiger partial charge in [0.1, 0.15) is 12.4 Å². The number of benzene rings is 3. The molecule has 0 unspecified atom stereocenters. The van der Waals surface area contributed by atoms with Crippen molar-refractivity contribution in [3.05, 3.63) is 106 Å². The van der Waals surface area contributed by atoms with Crippen molar-refractivity contribution in [2.75, 3.05) is 4.90 Å². The Balaban J connectivity index is 1.56. The van der Waals surface area contributed by atoms with Crippen molar-refractivity contribution >= 4 is 39.0 Å². The number of rotatable bonds is 5. The van der Waals surface area contributed by atoms with E-state index in [1.807, 2.05) is 43.5 Å². The van der Waals surface area contributed by atoms with E-state index in [9.17, 15) is 14.0 Å². The summed E-state index contributed by atoms with van der Waals surface area (Å²) in [6, 6.07) is 18.9. The second-order valence-corrected chi connectivity index (χ2v) is 9.13. The van der Waals surface area contributed by atoms with Gasteiger partial charge >= 0.3 is 0 Å². The van der Waals surface area contributed by atoms with Crippen LogP contribution in [0.1, 0.15) is 11.1 Å². The molecule has 0 atom stereocenters. The van der Waals surface area contributed by atoms with Crippen LogP contribution in [-0.4, -0.2) is 20.4 Å². The number of aromatic nitrogens is 3. The minimum absolute atomic E-state index is 0.199. The van der Waals surface area contributed by atoms with Gasteiger partial charge < -0.3 is 0 Å². The van der Waals surface area contributed by atoms with E-state index in [1.165, 1.54) is 39.3 Å². The first kappa shape index (κ1) is 22.6. The Kier molecular flexibility index (Phi) is 5.96. The van der Waals surface area contributed by atoms with Crippen molar-refractivity contribution in [1.29, 1.82) is 0 Å². The standard InChI is InChI=1S/C27H21FN4O2S/c1-17-11-18(2)13-21(12-17)32(27-30-24(15-35-27)19-7-9-20(28)10-8-19)25(33)14-31-16-29-23-6-4-3-5-22(23)26(31)34/h3-13,15-16H,14H2,1-2H3. The second kappa shape index (κ2) is 9.23. The number of carbonyl (C=O) groups is 1. The summed E-state index contributed by atoms with van der Waals surface area (Å²) in [5.41, 5.74) is 4.34.